The Bertz CT molecular complexity index is 1010. The van der Waals surface area contributed by atoms with Gasteiger partial charge in [0.25, 0.3) is 5.69 Å². The van der Waals surface area contributed by atoms with Crippen molar-refractivity contribution in [2.75, 3.05) is 0 Å². The van der Waals surface area contributed by atoms with Gasteiger partial charge in [0.15, 0.2) is 5.17 Å². The van der Waals surface area contributed by atoms with Crippen LogP contribution in [0, 0.1) is 17.0 Å². The van der Waals surface area contributed by atoms with Gasteiger partial charge in [0.05, 0.1) is 17.6 Å². The molecule has 11 heteroatoms. The summed E-state index contributed by atoms with van der Waals surface area (Å²) in [7, 11) is 0. The molecule has 3 rings (SSSR count). The van der Waals surface area contributed by atoms with Gasteiger partial charge in [0.2, 0.25) is 5.91 Å². The number of carbonyl (C=O) groups is 2. The number of rotatable bonds is 6. The van der Waals surface area contributed by atoms with E-state index in [9.17, 15) is 19.7 Å². The molecule has 1 fully saturated rings. The molecule has 1 aromatic heterocycles. The number of nitrogens with one attached hydrogen (secondary N) is 1. The molecule has 1 amide bonds. The number of nitro groups is 1. The molecular formula is C17H14N4O6S. The molecular weight excluding hydrogens is 388 g/mol. The molecule has 1 aliphatic heterocycles. The Morgan fingerprint density at radius 2 is 2.21 bits per heavy atom. The van der Waals surface area contributed by atoms with Crippen LogP contribution in [-0.4, -0.2) is 38.5 Å². The zero-order valence-corrected chi connectivity index (χ0v) is 15.3. The van der Waals surface area contributed by atoms with Gasteiger partial charge in [-0.2, -0.15) is 5.10 Å². The fourth-order valence-corrected chi connectivity index (χ4v) is 3.40. The summed E-state index contributed by atoms with van der Waals surface area (Å²) in [4.78, 5) is 32.7. The fraction of sp³-hybridized carbons (Fsp3) is 0.176. The first-order valence-electron chi connectivity index (χ1n) is 7.99. The number of carboxylic acid groups (broad SMARTS) is 1. The van der Waals surface area contributed by atoms with E-state index in [1.54, 1.807) is 25.1 Å². The van der Waals surface area contributed by atoms with Crippen molar-refractivity contribution >= 4 is 40.7 Å². The normalized spacial score (nSPS) is 18.0. The van der Waals surface area contributed by atoms with E-state index in [1.165, 1.54) is 18.3 Å². The van der Waals surface area contributed by atoms with Crippen LogP contribution in [0.5, 0.6) is 0 Å². The van der Waals surface area contributed by atoms with Gasteiger partial charge in [-0.15, -0.1) is 5.10 Å². The van der Waals surface area contributed by atoms with E-state index in [4.69, 9.17) is 9.52 Å². The fourth-order valence-electron chi connectivity index (χ4n) is 2.49. The van der Waals surface area contributed by atoms with Crippen molar-refractivity contribution in [3.8, 4) is 11.3 Å². The second kappa shape index (κ2) is 8.05. The maximum atomic E-state index is 11.6. The van der Waals surface area contributed by atoms with Crippen molar-refractivity contribution in [2.45, 2.75) is 18.6 Å². The Hall–Kier alpha value is -3.47. The molecule has 0 saturated carbocycles. The van der Waals surface area contributed by atoms with Crippen molar-refractivity contribution in [3.63, 3.8) is 0 Å². The summed E-state index contributed by atoms with van der Waals surface area (Å²) in [5.41, 5.74) is 1.41. The first-order valence-corrected chi connectivity index (χ1v) is 8.87. The van der Waals surface area contributed by atoms with Crippen LogP contribution in [-0.2, 0) is 9.59 Å². The highest BCUT2D eigenvalue weighted by atomic mass is 32.2. The number of hydrogen-bond acceptors (Lipinski definition) is 8. The highest BCUT2D eigenvalue weighted by Gasteiger charge is 2.32. The molecule has 10 nitrogen and oxygen atoms in total. The predicted molar refractivity (Wildman–Crippen MR) is 102 cm³/mol. The third kappa shape index (κ3) is 4.43. The van der Waals surface area contributed by atoms with Gasteiger partial charge in [-0.1, -0.05) is 11.8 Å². The number of furan rings is 1. The number of carboxylic acids is 1. The Morgan fingerprint density at radius 1 is 1.43 bits per heavy atom. The van der Waals surface area contributed by atoms with E-state index < -0.39 is 22.0 Å². The van der Waals surface area contributed by atoms with Gasteiger partial charge in [-0.3, -0.25) is 19.7 Å². The van der Waals surface area contributed by atoms with E-state index in [2.05, 4.69) is 15.5 Å². The van der Waals surface area contributed by atoms with Crippen molar-refractivity contribution in [1.82, 2.24) is 5.32 Å². The van der Waals surface area contributed by atoms with Crippen LogP contribution < -0.4 is 5.32 Å². The lowest BCUT2D eigenvalue weighted by atomic mass is 10.1. The summed E-state index contributed by atoms with van der Waals surface area (Å²) < 4.78 is 5.65. The van der Waals surface area contributed by atoms with Gasteiger partial charge >= 0.3 is 5.97 Å². The molecule has 2 N–H and O–H groups in total. The van der Waals surface area contributed by atoms with E-state index in [1.807, 2.05) is 0 Å². The molecule has 1 aliphatic rings. The van der Waals surface area contributed by atoms with E-state index >= 15 is 0 Å². The number of amides is 1. The number of carbonyl (C=O) groups excluding carboxylic acids is 1. The average Bonchev–Trinajstić information content (AvgIpc) is 3.21. The SMILES string of the molecule is Cc1cc([N+](=O)[O-])ccc1-c1ccc(/C=N/N=C2\NC(=O)C(CC(=O)O)S2)o1. The van der Waals surface area contributed by atoms with Crippen molar-refractivity contribution < 1.29 is 24.0 Å². The maximum absolute atomic E-state index is 11.6. The minimum atomic E-state index is -1.07. The number of thioether (sulfide) groups is 1. The molecule has 0 spiro atoms. The van der Waals surface area contributed by atoms with Crippen LogP contribution in [0.3, 0.4) is 0 Å². The molecule has 2 heterocycles. The van der Waals surface area contributed by atoms with Gasteiger partial charge in [-0.05, 0) is 30.7 Å². The molecule has 0 bridgehead atoms. The lowest BCUT2D eigenvalue weighted by Crippen LogP contribution is -2.26. The van der Waals surface area contributed by atoms with Crippen LogP contribution in [0.4, 0.5) is 5.69 Å². The number of amidine groups is 1. The number of benzene rings is 1. The predicted octanol–water partition coefficient (Wildman–Crippen LogP) is 2.56. The Labute approximate surface area is 162 Å². The second-order valence-corrected chi connectivity index (χ2v) is 6.99. The van der Waals surface area contributed by atoms with E-state index in [0.29, 0.717) is 22.6 Å². The smallest absolute Gasteiger partial charge is 0.305 e. The molecule has 144 valence electrons. The van der Waals surface area contributed by atoms with Gasteiger partial charge in [0, 0.05) is 17.7 Å². The second-order valence-electron chi connectivity index (χ2n) is 5.80. The largest absolute Gasteiger partial charge is 0.481 e. The monoisotopic (exact) mass is 402 g/mol. The Kier molecular flexibility index (Phi) is 5.54. The minimum absolute atomic E-state index is 0.00253. The van der Waals surface area contributed by atoms with Gasteiger partial charge in [-0.25, -0.2) is 0 Å². The van der Waals surface area contributed by atoms with Crippen LogP contribution >= 0.6 is 11.8 Å². The Balaban J connectivity index is 1.69. The third-order valence-electron chi connectivity index (χ3n) is 3.78. The molecule has 0 radical (unpaired) electrons. The first-order chi connectivity index (χ1) is 13.3. The van der Waals surface area contributed by atoms with Crippen LogP contribution in [0.2, 0.25) is 0 Å². The van der Waals surface area contributed by atoms with E-state index in [0.717, 1.165) is 11.8 Å². The number of aliphatic carboxylic acids is 1. The molecule has 0 aliphatic carbocycles. The minimum Gasteiger partial charge on any atom is -0.481 e. The zero-order chi connectivity index (χ0) is 20.3. The number of aryl methyl sites for hydroxylation is 1. The van der Waals surface area contributed by atoms with E-state index in [-0.39, 0.29) is 17.3 Å². The van der Waals surface area contributed by atoms with Crippen molar-refractivity contribution in [1.29, 1.82) is 0 Å². The standard InChI is InChI=1S/C17H14N4O6S/c1-9-6-10(21(25)26)2-4-12(9)13-5-3-11(27-13)8-18-20-17-19-16(24)14(28-17)7-15(22)23/h2-6,8,14H,7H2,1H3,(H,22,23)(H,19,20,24)/b18-8+. The summed E-state index contributed by atoms with van der Waals surface area (Å²) in [6.45, 7) is 1.75. The van der Waals surface area contributed by atoms with Crippen LogP contribution in [0.15, 0.2) is 45.0 Å². The number of nitrogens with zero attached hydrogens (tertiary/aromatic N) is 3. The highest BCUT2D eigenvalue weighted by molar-refractivity contribution is 8.15. The summed E-state index contributed by atoms with van der Waals surface area (Å²) in [5, 5.41) is 29.2. The van der Waals surface area contributed by atoms with Crippen molar-refractivity contribution in [3.05, 3.63) is 51.8 Å². The number of non-ortho nitro benzene ring substituents is 1. The quantitative estimate of drug-likeness (QED) is 0.428. The van der Waals surface area contributed by atoms with Gasteiger partial charge < -0.3 is 14.8 Å². The molecule has 1 atom stereocenters. The molecule has 1 saturated heterocycles. The summed E-state index contributed by atoms with van der Waals surface area (Å²) in [5.74, 6) is -0.572. The molecule has 2 aromatic rings. The summed E-state index contributed by atoms with van der Waals surface area (Å²) >= 11 is 0.999. The lowest BCUT2D eigenvalue weighted by Gasteiger charge is -2.02. The van der Waals surface area contributed by atoms with Crippen LogP contribution in [0.25, 0.3) is 11.3 Å². The third-order valence-corrected chi connectivity index (χ3v) is 4.86. The summed E-state index contributed by atoms with van der Waals surface area (Å²) in [6.07, 6.45) is 1.05. The average molecular weight is 402 g/mol. The zero-order valence-electron chi connectivity index (χ0n) is 14.5. The number of hydrogen-bond donors (Lipinski definition) is 2. The first kappa shape index (κ1) is 19.3. The Morgan fingerprint density at radius 3 is 2.89 bits per heavy atom. The molecule has 1 unspecified atom stereocenters. The number of nitro benzene ring substituents is 1. The lowest BCUT2D eigenvalue weighted by molar-refractivity contribution is -0.384. The van der Waals surface area contributed by atoms with Crippen molar-refractivity contribution in [2.24, 2.45) is 10.2 Å². The van der Waals surface area contributed by atoms with Crippen LogP contribution in [0.1, 0.15) is 17.7 Å². The topological polar surface area (TPSA) is 147 Å². The molecule has 28 heavy (non-hydrogen) atoms. The maximum Gasteiger partial charge on any atom is 0.305 e. The molecule has 1 aromatic carbocycles. The van der Waals surface area contributed by atoms with Gasteiger partial charge in [0.1, 0.15) is 16.8 Å². The summed E-state index contributed by atoms with van der Waals surface area (Å²) in [6, 6.07) is 7.84. The highest BCUT2D eigenvalue weighted by Crippen LogP contribution is 2.28.